The van der Waals surface area contributed by atoms with Gasteiger partial charge in [0.15, 0.2) is 0 Å². The summed E-state index contributed by atoms with van der Waals surface area (Å²) >= 11 is 5.95. The van der Waals surface area contributed by atoms with Crippen LogP contribution in [0.4, 0.5) is 4.39 Å². The Labute approximate surface area is 163 Å². The topological polar surface area (TPSA) is 58.2 Å². The molecular formula is C21H22ClFN2O2. The number of hydrogen-bond donors (Lipinski definition) is 2. The number of rotatable bonds is 8. The maximum Gasteiger partial charge on any atom is 0.235 e. The number of amides is 2. The van der Waals surface area contributed by atoms with Gasteiger partial charge in [0.2, 0.25) is 11.8 Å². The monoisotopic (exact) mass is 388 g/mol. The van der Waals surface area contributed by atoms with Gasteiger partial charge >= 0.3 is 0 Å². The molecule has 0 bridgehead atoms. The van der Waals surface area contributed by atoms with Crippen molar-refractivity contribution < 1.29 is 14.0 Å². The summed E-state index contributed by atoms with van der Waals surface area (Å²) in [6.45, 7) is 0.751. The van der Waals surface area contributed by atoms with E-state index in [9.17, 15) is 14.0 Å². The van der Waals surface area contributed by atoms with E-state index in [0.717, 1.165) is 5.56 Å². The molecule has 2 aromatic carbocycles. The fraction of sp³-hybridized carbons (Fsp3) is 0.333. The predicted molar refractivity (Wildman–Crippen MR) is 103 cm³/mol. The molecule has 0 aromatic heterocycles. The van der Waals surface area contributed by atoms with Crippen LogP contribution < -0.4 is 10.6 Å². The van der Waals surface area contributed by atoms with Crippen LogP contribution in [0.3, 0.4) is 0 Å². The summed E-state index contributed by atoms with van der Waals surface area (Å²) in [5.41, 5.74) is 0.611. The van der Waals surface area contributed by atoms with Gasteiger partial charge in [-0.1, -0.05) is 41.9 Å². The molecular weight excluding hydrogens is 367 g/mol. The van der Waals surface area contributed by atoms with Gasteiger partial charge in [-0.15, -0.1) is 0 Å². The van der Waals surface area contributed by atoms with E-state index in [1.54, 1.807) is 24.3 Å². The molecule has 0 spiro atoms. The molecule has 0 saturated heterocycles. The molecule has 0 heterocycles. The van der Waals surface area contributed by atoms with Gasteiger partial charge in [0.05, 0.1) is 0 Å². The first-order chi connectivity index (χ1) is 13.0. The third kappa shape index (κ3) is 4.86. The van der Waals surface area contributed by atoms with E-state index in [1.807, 2.05) is 18.2 Å². The quantitative estimate of drug-likeness (QED) is 0.682. The van der Waals surface area contributed by atoms with E-state index < -0.39 is 5.41 Å². The zero-order valence-corrected chi connectivity index (χ0v) is 15.7. The Kier molecular flexibility index (Phi) is 6.11. The third-order valence-corrected chi connectivity index (χ3v) is 5.08. The van der Waals surface area contributed by atoms with Gasteiger partial charge in [0.1, 0.15) is 11.2 Å². The number of carbonyl (C=O) groups is 2. The Morgan fingerprint density at radius 2 is 1.63 bits per heavy atom. The Bertz CT molecular complexity index is 836. The molecule has 2 amide bonds. The van der Waals surface area contributed by atoms with E-state index >= 15 is 0 Å². The standard InChI is InChI=1S/C21H22ClFN2O2/c22-17-6-3-4-15(14-17)8-12-24-19(26)21(10-11-21)20(27)25-13-9-16-5-1-2-7-18(16)23/h1-7,14H,8-13H2,(H,24,26)(H,25,27). The summed E-state index contributed by atoms with van der Waals surface area (Å²) in [6, 6.07) is 13.9. The lowest BCUT2D eigenvalue weighted by Crippen LogP contribution is -2.44. The summed E-state index contributed by atoms with van der Waals surface area (Å²) in [6.07, 6.45) is 2.13. The average molecular weight is 389 g/mol. The summed E-state index contributed by atoms with van der Waals surface area (Å²) in [7, 11) is 0. The maximum absolute atomic E-state index is 13.6. The number of hydrogen-bond acceptors (Lipinski definition) is 2. The molecule has 1 fully saturated rings. The third-order valence-electron chi connectivity index (χ3n) is 4.85. The van der Waals surface area contributed by atoms with Gasteiger partial charge in [-0.05, 0) is 55.0 Å². The molecule has 0 radical (unpaired) electrons. The van der Waals surface area contributed by atoms with Gasteiger partial charge in [-0.2, -0.15) is 0 Å². The minimum absolute atomic E-state index is 0.243. The molecule has 2 aromatic rings. The number of benzene rings is 2. The fourth-order valence-electron chi connectivity index (χ4n) is 3.05. The Hall–Kier alpha value is -2.40. The lowest BCUT2D eigenvalue weighted by atomic mass is 10.0. The fourth-order valence-corrected chi connectivity index (χ4v) is 3.26. The number of carbonyl (C=O) groups excluding carboxylic acids is 2. The zero-order valence-electron chi connectivity index (χ0n) is 14.9. The normalized spacial score (nSPS) is 14.4. The lowest BCUT2D eigenvalue weighted by molar-refractivity contribution is -0.137. The first-order valence-corrected chi connectivity index (χ1v) is 9.43. The Morgan fingerprint density at radius 3 is 2.26 bits per heavy atom. The van der Waals surface area contributed by atoms with Crippen molar-refractivity contribution >= 4 is 23.4 Å². The van der Waals surface area contributed by atoms with Crippen molar-refractivity contribution in [2.75, 3.05) is 13.1 Å². The van der Waals surface area contributed by atoms with Crippen molar-refractivity contribution in [1.82, 2.24) is 10.6 Å². The highest BCUT2D eigenvalue weighted by Crippen LogP contribution is 2.46. The van der Waals surface area contributed by atoms with E-state index in [0.29, 0.717) is 49.4 Å². The SMILES string of the molecule is O=C(NCCc1cccc(Cl)c1)C1(C(=O)NCCc2ccccc2F)CC1. The molecule has 1 saturated carbocycles. The lowest BCUT2D eigenvalue weighted by Gasteiger charge is -2.15. The molecule has 0 atom stereocenters. The minimum atomic E-state index is -0.969. The van der Waals surface area contributed by atoms with Crippen LogP contribution in [0.1, 0.15) is 24.0 Å². The Morgan fingerprint density at radius 1 is 0.963 bits per heavy atom. The van der Waals surface area contributed by atoms with Crippen LogP contribution in [0.25, 0.3) is 0 Å². The predicted octanol–water partition coefficient (Wildman–Crippen LogP) is 3.28. The van der Waals surface area contributed by atoms with E-state index in [2.05, 4.69) is 10.6 Å². The molecule has 142 valence electrons. The zero-order chi connectivity index (χ0) is 19.3. The molecule has 2 N–H and O–H groups in total. The van der Waals surface area contributed by atoms with Crippen molar-refractivity contribution in [2.45, 2.75) is 25.7 Å². The highest BCUT2D eigenvalue weighted by Gasteiger charge is 2.56. The molecule has 1 aliphatic rings. The second-order valence-corrected chi connectivity index (χ2v) is 7.25. The second-order valence-electron chi connectivity index (χ2n) is 6.82. The molecule has 3 rings (SSSR count). The first kappa shape index (κ1) is 19.4. The van der Waals surface area contributed by atoms with Crippen molar-refractivity contribution in [2.24, 2.45) is 5.41 Å². The summed E-state index contributed by atoms with van der Waals surface area (Å²) in [4.78, 5) is 24.9. The van der Waals surface area contributed by atoms with Crippen LogP contribution in [0.2, 0.25) is 5.02 Å². The number of nitrogens with one attached hydrogen (secondary N) is 2. The maximum atomic E-state index is 13.6. The summed E-state index contributed by atoms with van der Waals surface area (Å²) in [5.74, 6) is -0.807. The van der Waals surface area contributed by atoms with E-state index in [1.165, 1.54) is 6.07 Å². The van der Waals surface area contributed by atoms with Crippen molar-refractivity contribution in [1.29, 1.82) is 0 Å². The smallest absolute Gasteiger partial charge is 0.235 e. The van der Waals surface area contributed by atoms with Crippen molar-refractivity contribution in [3.63, 3.8) is 0 Å². The van der Waals surface area contributed by atoms with Gasteiger partial charge in [-0.25, -0.2) is 4.39 Å². The van der Waals surface area contributed by atoms with Gasteiger partial charge in [0.25, 0.3) is 0 Å². The van der Waals surface area contributed by atoms with Crippen LogP contribution in [0.5, 0.6) is 0 Å². The Balaban J connectivity index is 1.45. The second kappa shape index (κ2) is 8.53. The average Bonchev–Trinajstić information content (AvgIpc) is 3.45. The highest BCUT2D eigenvalue weighted by molar-refractivity contribution is 6.30. The van der Waals surface area contributed by atoms with Gasteiger partial charge < -0.3 is 10.6 Å². The molecule has 27 heavy (non-hydrogen) atoms. The molecule has 0 unspecified atom stereocenters. The minimum Gasteiger partial charge on any atom is -0.355 e. The van der Waals surface area contributed by atoms with E-state index in [4.69, 9.17) is 11.6 Å². The number of halogens is 2. The van der Waals surface area contributed by atoms with Crippen LogP contribution in [0.15, 0.2) is 48.5 Å². The van der Waals surface area contributed by atoms with Crippen LogP contribution >= 0.6 is 11.6 Å². The van der Waals surface area contributed by atoms with Gasteiger partial charge in [-0.3, -0.25) is 9.59 Å². The molecule has 0 aliphatic heterocycles. The van der Waals surface area contributed by atoms with Crippen LogP contribution in [-0.2, 0) is 22.4 Å². The highest BCUT2D eigenvalue weighted by atomic mass is 35.5. The summed E-state index contributed by atoms with van der Waals surface area (Å²) < 4.78 is 13.6. The van der Waals surface area contributed by atoms with Crippen LogP contribution in [0, 0.1) is 11.2 Å². The van der Waals surface area contributed by atoms with Crippen molar-refractivity contribution in [3.8, 4) is 0 Å². The molecule has 6 heteroatoms. The van der Waals surface area contributed by atoms with Crippen molar-refractivity contribution in [3.05, 3.63) is 70.5 Å². The molecule has 4 nitrogen and oxygen atoms in total. The van der Waals surface area contributed by atoms with Gasteiger partial charge in [0, 0.05) is 18.1 Å². The largest absolute Gasteiger partial charge is 0.355 e. The summed E-state index contributed by atoms with van der Waals surface area (Å²) in [5, 5.41) is 6.28. The van der Waals surface area contributed by atoms with E-state index in [-0.39, 0.29) is 17.6 Å². The van der Waals surface area contributed by atoms with Crippen LogP contribution in [-0.4, -0.2) is 24.9 Å². The molecule has 1 aliphatic carbocycles. The first-order valence-electron chi connectivity index (χ1n) is 9.06.